The standard InChI is InChI=1S/C12H17N/c1-13-12-10-6-2-4-5-3-7(8(4)10)11(12)9(5)6/h4-13H,2-3H2,1H3/t4-,5+,6-,7+,8-,9-,10-,11-,12?/m1/s1. The summed E-state index contributed by atoms with van der Waals surface area (Å²) in [5.41, 5.74) is 0. The molecule has 6 aliphatic carbocycles. The summed E-state index contributed by atoms with van der Waals surface area (Å²) < 4.78 is 0. The lowest BCUT2D eigenvalue weighted by atomic mass is 9.71. The van der Waals surface area contributed by atoms with Crippen LogP contribution in [0.1, 0.15) is 12.8 Å². The quantitative estimate of drug-likeness (QED) is 0.634. The Kier molecular flexibility index (Phi) is 0.793. The van der Waals surface area contributed by atoms with Crippen molar-refractivity contribution in [2.24, 2.45) is 47.3 Å². The van der Waals surface area contributed by atoms with Crippen molar-refractivity contribution >= 4 is 0 Å². The van der Waals surface area contributed by atoms with Crippen LogP contribution in [0.25, 0.3) is 0 Å². The summed E-state index contributed by atoms with van der Waals surface area (Å²) in [5, 5.41) is 3.64. The normalized spacial score (nSPS) is 79.6. The minimum Gasteiger partial charge on any atom is -0.316 e. The van der Waals surface area contributed by atoms with Crippen molar-refractivity contribution in [1.29, 1.82) is 0 Å². The van der Waals surface area contributed by atoms with Crippen molar-refractivity contribution in [3.63, 3.8) is 0 Å². The molecule has 1 nitrogen and oxygen atoms in total. The van der Waals surface area contributed by atoms with E-state index < -0.39 is 0 Å². The lowest BCUT2D eigenvalue weighted by Crippen LogP contribution is -2.31. The van der Waals surface area contributed by atoms with Crippen LogP contribution in [0.4, 0.5) is 0 Å². The predicted octanol–water partition coefficient (Wildman–Crippen LogP) is 1.35. The molecule has 0 aromatic heterocycles. The van der Waals surface area contributed by atoms with Crippen molar-refractivity contribution in [3.05, 3.63) is 0 Å². The van der Waals surface area contributed by atoms with Gasteiger partial charge >= 0.3 is 0 Å². The Morgan fingerprint density at radius 1 is 0.769 bits per heavy atom. The summed E-state index contributed by atoms with van der Waals surface area (Å²) in [7, 11) is 2.20. The molecule has 6 saturated carbocycles. The minimum atomic E-state index is 0.947. The highest BCUT2D eigenvalue weighted by molar-refractivity contribution is 5.29. The second-order valence-corrected chi connectivity index (χ2v) is 6.25. The van der Waals surface area contributed by atoms with E-state index in [9.17, 15) is 0 Å². The van der Waals surface area contributed by atoms with Crippen LogP contribution in [-0.2, 0) is 0 Å². The maximum absolute atomic E-state index is 3.64. The lowest BCUT2D eigenvalue weighted by Gasteiger charge is -2.33. The Labute approximate surface area is 79.3 Å². The Morgan fingerprint density at radius 2 is 1.31 bits per heavy atom. The number of nitrogens with one attached hydrogen (secondary N) is 1. The average Bonchev–Trinajstić information content (AvgIpc) is 2.78. The molecule has 0 radical (unpaired) electrons. The molecule has 6 fully saturated rings. The summed E-state index contributed by atoms with van der Waals surface area (Å²) >= 11 is 0. The minimum absolute atomic E-state index is 0.947. The predicted molar refractivity (Wildman–Crippen MR) is 50.0 cm³/mol. The molecule has 6 aliphatic rings. The van der Waals surface area contributed by atoms with Gasteiger partial charge in [0.1, 0.15) is 0 Å². The molecular weight excluding hydrogens is 158 g/mol. The Bertz CT molecular complexity index is 271. The van der Waals surface area contributed by atoms with Crippen molar-refractivity contribution in [3.8, 4) is 0 Å². The number of hydrogen-bond acceptors (Lipinski definition) is 1. The van der Waals surface area contributed by atoms with Gasteiger partial charge < -0.3 is 5.32 Å². The van der Waals surface area contributed by atoms with Crippen molar-refractivity contribution in [2.45, 2.75) is 18.9 Å². The zero-order valence-corrected chi connectivity index (χ0v) is 8.11. The molecule has 0 heterocycles. The van der Waals surface area contributed by atoms with Crippen LogP contribution in [0.15, 0.2) is 0 Å². The molecule has 9 atom stereocenters. The summed E-state index contributed by atoms with van der Waals surface area (Å²) in [6, 6.07) is 0.947. The van der Waals surface area contributed by atoms with Crippen LogP contribution in [0, 0.1) is 47.3 Å². The van der Waals surface area contributed by atoms with E-state index in [0.717, 1.165) is 17.9 Å². The Morgan fingerprint density at radius 3 is 1.77 bits per heavy atom. The van der Waals surface area contributed by atoms with E-state index in [0.29, 0.717) is 0 Å². The summed E-state index contributed by atoms with van der Waals surface area (Å²) in [6.45, 7) is 0. The van der Waals surface area contributed by atoms with Gasteiger partial charge in [0.25, 0.3) is 0 Å². The molecule has 6 bridgehead atoms. The topological polar surface area (TPSA) is 12.0 Å². The molecule has 1 N–H and O–H groups in total. The second-order valence-electron chi connectivity index (χ2n) is 6.25. The molecule has 6 rings (SSSR count). The first-order chi connectivity index (χ1) is 6.42. The van der Waals surface area contributed by atoms with Gasteiger partial charge in [-0.15, -0.1) is 0 Å². The molecule has 1 heteroatoms. The molecule has 0 aromatic carbocycles. The van der Waals surface area contributed by atoms with Gasteiger partial charge in [-0.2, -0.15) is 0 Å². The first-order valence-electron chi connectivity index (χ1n) is 6.09. The third kappa shape index (κ3) is 0.407. The summed E-state index contributed by atoms with van der Waals surface area (Å²) in [5.74, 6) is 9.44. The largest absolute Gasteiger partial charge is 0.316 e. The highest BCUT2D eigenvalue weighted by Crippen LogP contribution is 2.82. The second kappa shape index (κ2) is 1.60. The number of rotatable bonds is 1. The van der Waals surface area contributed by atoms with E-state index in [-0.39, 0.29) is 0 Å². The lowest BCUT2D eigenvalue weighted by molar-refractivity contribution is 0.132. The maximum atomic E-state index is 3.64. The van der Waals surface area contributed by atoms with E-state index in [1.54, 1.807) is 12.8 Å². The van der Waals surface area contributed by atoms with E-state index in [1.807, 2.05) is 0 Å². The molecule has 70 valence electrons. The fourth-order valence-electron chi connectivity index (χ4n) is 7.01. The summed E-state index contributed by atoms with van der Waals surface area (Å²) in [4.78, 5) is 0. The summed E-state index contributed by atoms with van der Waals surface area (Å²) in [6.07, 6.45) is 3.27. The highest BCUT2D eigenvalue weighted by Gasteiger charge is 2.79. The van der Waals surface area contributed by atoms with Gasteiger partial charge in [-0.3, -0.25) is 0 Å². The molecule has 0 aliphatic heterocycles. The van der Waals surface area contributed by atoms with Crippen LogP contribution in [0.3, 0.4) is 0 Å². The fraction of sp³-hybridized carbons (Fsp3) is 1.00. The van der Waals surface area contributed by atoms with Crippen LogP contribution < -0.4 is 5.32 Å². The van der Waals surface area contributed by atoms with E-state index >= 15 is 0 Å². The maximum Gasteiger partial charge on any atom is 0.0132 e. The monoisotopic (exact) mass is 175 g/mol. The van der Waals surface area contributed by atoms with Gasteiger partial charge in [-0.05, 0) is 67.2 Å². The zero-order valence-electron chi connectivity index (χ0n) is 8.11. The third-order valence-corrected chi connectivity index (χ3v) is 6.66. The molecule has 0 spiro atoms. The van der Waals surface area contributed by atoms with E-state index in [2.05, 4.69) is 12.4 Å². The van der Waals surface area contributed by atoms with E-state index in [4.69, 9.17) is 0 Å². The fourth-order valence-corrected chi connectivity index (χ4v) is 7.01. The van der Waals surface area contributed by atoms with Crippen LogP contribution in [-0.4, -0.2) is 13.1 Å². The molecular formula is C12H17N. The van der Waals surface area contributed by atoms with Gasteiger partial charge in [-0.25, -0.2) is 0 Å². The van der Waals surface area contributed by atoms with Gasteiger partial charge in [0.15, 0.2) is 0 Å². The molecule has 0 amide bonds. The van der Waals surface area contributed by atoms with Gasteiger partial charge in [0.2, 0.25) is 0 Å². The molecule has 13 heavy (non-hydrogen) atoms. The smallest absolute Gasteiger partial charge is 0.0132 e. The first-order valence-corrected chi connectivity index (χ1v) is 6.09. The third-order valence-electron chi connectivity index (χ3n) is 6.66. The van der Waals surface area contributed by atoms with Crippen molar-refractivity contribution in [2.75, 3.05) is 7.05 Å². The SMILES string of the molecule is CNC1[C@@H]2[C@@H]3C[C@@H]4[C@@H]5C[C@H]([C@@H]1[C@H]53)[C@@H]42. The van der Waals surface area contributed by atoms with Crippen LogP contribution >= 0.6 is 0 Å². The van der Waals surface area contributed by atoms with Crippen LogP contribution in [0.2, 0.25) is 0 Å². The van der Waals surface area contributed by atoms with Crippen molar-refractivity contribution in [1.82, 2.24) is 5.32 Å². The van der Waals surface area contributed by atoms with Gasteiger partial charge in [-0.1, -0.05) is 0 Å². The van der Waals surface area contributed by atoms with Gasteiger partial charge in [0.05, 0.1) is 0 Å². The van der Waals surface area contributed by atoms with Crippen molar-refractivity contribution < 1.29 is 0 Å². The van der Waals surface area contributed by atoms with E-state index in [1.165, 1.54) is 35.5 Å². The Hall–Kier alpha value is -0.0400. The first kappa shape index (κ1) is 6.44. The molecule has 1 unspecified atom stereocenters. The molecule has 0 aromatic rings. The van der Waals surface area contributed by atoms with Crippen LogP contribution in [0.5, 0.6) is 0 Å². The zero-order chi connectivity index (χ0) is 8.32. The highest BCUT2D eigenvalue weighted by atomic mass is 15.0. The Balaban J connectivity index is 1.79. The molecule has 0 saturated heterocycles. The average molecular weight is 175 g/mol. The number of hydrogen-bond donors (Lipinski definition) is 1. The van der Waals surface area contributed by atoms with Gasteiger partial charge in [0, 0.05) is 6.04 Å².